The average molecular weight is 308 g/mol. The summed E-state index contributed by atoms with van der Waals surface area (Å²) in [6, 6.07) is 11.3. The zero-order chi connectivity index (χ0) is 16.2. The summed E-state index contributed by atoms with van der Waals surface area (Å²) in [7, 11) is 0. The van der Waals surface area contributed by atoms with Gasteiger partial charge in [0.05, 0.1) is 11.8 Å². The second kappa shape index (κ2) is 6.30. The van der Waals surface area contributed by atoms with E-state index in [1.165, 1.54) is 6.07 Å². The maximum Gasteiger partial charge on any atom is 0.419 e. The third-order valence-electron chi connectivity index (χ3n) is 2.78. The Bertz CT molecular complexity index is 698. The zero-order valence-corrected chi connectivity index (χ0v) is 11.1. The summed E-state index contributed by atoms with van der Waals surface area (Å²) >= 11 is 0. The fourth-order valence-electron chi connectivity index (χ4n) is 1.71. The van der Waals surface area contributed by atoms with Crippen LogP contribution in [0, 0.1) is 0 Å². The van der Waals surface area contributed by atoms with Gasteiger partial charge in [-0.15, -0.1) is 0 Å². The summed E-state index contributed by atoms with van der Waals surface area (Å²) in [5.41, 5.74) is 1.21. The molecule has 114 valence electrons. The molecular weight excluding hydrogens is 297 g/mol. The number of phenols is 1. The number of hydrogen-bond donors (Lipinski definition) is 2. The molecule has 0 radical (unpaired) electrons. The van der Waals surface area contributed by atoms with Gasteiger partial charge in [0.15, 0.2) is 0 Å². The first kappa shape index (κ1) is 15.6. The largest absolute Gasteiger partial charge is 0.507 e. The lowest BCUT2D eigenvalue weighted by atomic mass is 10.1. The van der Waals surface area contributed by atoms with Crippen LogP contribution >= 0.6 is 0 Å². The summed E-state index contributed by atoms with van der Waals surface area (Å²) in [6.07, 6.45) is -3.72. The number of hydrazone groups is 1. The Morgan fingerprint density at radius 2 is 1.77 bits per heavy atom. The smallest absolute Gasteiger partial charge is 0.419 e. The van der Waals surface area contributed by atoms with Crippen molar-refractivity contribution in [3.8, 4) is 5.75 Å². The van der Waals surface area contributed by atoms with Crippen molar-refractivity contribution >= 4 is 12.1 Å². The van der Waals surface area contributed by atoms with Gasteiger partial charge in [-0.3, -0.25) is 4.79 Å². The monoisotopic (exact) mass is 308 g/mol. The van der Waals surface area contributed by atoms with Crippen LogP contribution in [0.4, 0.5) is 13.2 Å². The quantitative estimate of drug-likeness (QED) is 0.676. The van der Waals surface area contributed by atoms with Gasteiger partial charge in [-0.05, 0) is 24.3 Å². The molecule has 0 unspecified atom stereocenters. The van der Waals surface area contributed by atoms with Crippen molar-refractivity contribution in [2.45, 2.75) is 6.18 Å². The molecule has 0 fully saturated rings. The molecule has 2 N–H and O–H groups in total. The summed E-state index contributed by atoms with van der Waals surface area (Å²) in [4.78, 5) is 11.7. The molecule has 0 saturated heterocycles. The topological polar surface area (TPSA) is 61.7 Å². The van der Waals surface area contributed by atoms with Crippen LogP contribution in [-0.2, 0) is 6.18 Å². The third kappa shape index (κ3) is 3.63. The number of halogens is 3. The highest BCUT2D eigenvalue weighted by Crippen LogP contribution is 2.36. The van der Waals surface area contributed by atoms with Crippen LogP contribution in [0.3, 0.4) is 0 Å². The number of carbonyl (C=O) groups is 1. The Balaban J connectivity index is 2.13. The molecule has 7 heteroatoms. The van der Waals surface area contributed by atoms with Crippen LogP contribution in [0.2, 0.25) is 0 Å². The first-order valence-corrected chi connectivity index (χ1v) is 6.17. The van der Waals surface area contributed by atoms with Crippen LogP contribution in [0.25, 0.3) is 0 Å². The minimum Gasteiger partial charge on any atom is -0.507 e. The Hall–Kier alpha value is -2.83. The molecule has 0 spiro atoms. The zero-order valence-electron chi connectivity index (χ0n) is 11.1. The Morgan fingerprint density at radius 3 is 2.41 bits per heavy atom. The fourth-order valence-corrected chi connectivity index (χ4v) is 1.71. The predicted octanol–water partition coefficient (Wildman–Crippen LogP) is 3.17. The third-order valence-corrected chi connectivity index (χ3v) is 2.78. The van der Waals surface area contributed by atoms with Crippen LogP contribution in [0.15, 0.2) is 53.6 Å². The number of aromatic hydroxyl groups is 1. The number of nitrogens with one attached hydrogen (secondary N) is 1. The molecule has 0 aliphatic carbocycles. The Labute approximate surface area is 123 Å². The fraction of sp³-hybridized carbons (Fsp3) is 0.0667. The van der Waals surface area contributed by atoms with E-state index in [0.29, 0.717) is 5.56 Å². The van der Waals surface area contributed by atoms with Crippen LogP contribution in [0.5, 0.6) is 5.75 Å². The van der Waals surface area contributed by atoms with Crippen LogP contribution in [0.1, 0.15) is 21.5 Å². The lowest BCUT2D eigenvalue weighted by molar-refractivity contribution is -0.138. The van der Waals surface area contributed by atoms with E-state index in [4.69, 9.17) is 0 Å². The standard InChI is InChI=1S/C15H11F3N2O2/c16-15(17,18)12-8-4-7-11(13(12)21)9-19-20-14(22)10-5-2-1-3-6-10/h1-9,21H,(H,20,22)/b19-9+. The van der Waals surface area contributed by atoms with E-state index in [0.717, 1.165) is 18.3 Å². The Kier molecular flexibility index (Phi) is 4.45. The average Bonchev–Trinajstić information content (AvgIpc) is 2.48. The normalized spacial score (nSPS) is 11.6. The van der Waals surface area contributed by atoms with Gasteiger partial charge in [-0.25, -0.2) is 5.43 Å². The molecule has 0 aliphatic heterocycles. The molecule has 2 rings (SSSR count). The molecule has 0 atom stereocenters. The lowest BCUT2D eigenvalue weighted by Gasteiger charge is -2.10. The molecule has 4 nitrogen and oxygen atoms in total. The first-order chi connectivity index (χ1) is 10.4. The maximum atomic E-state index is 12.6. The van der Waals surface area contributed by atoms with Gasteiger partial charge >= 0.3 is 6.18 Å². The minimum atomic E-state index is -4.67. The summed E-state index contributed by atoms with van der Waals surface area (Å²) < 4.78 is 37.9. The second-order valence-corrected chi connectivity index (χ2v) is 4.31. The molecule has 0 bridgehead atoms. The highest BCUT2D eigenvalue weighted by Gasteiger charge is 2.34. The van der Waals surface area contributed by atoms with E-state index >= 15 is 0 Å². The van der Waals surface area contributed by atoms with E-state index in [1.54, 1.807) is 30.3 Å². The van der Waals surface area contributed by atoms with Crippen LogP contribution in [-0.4, -0.2) is 17.2 Å². The van der Waals surface area contributed by atoms with Crippen molar-refractivity contribution in [3.63, 3.8) is 0 Å². The van der Waals surface area contributed by atoms with Gasteiger partial charge in [-0.1, -0.05) is 24.3 Å². The minimum absolute atomic E-state index is 0.150. The molecule has 0 heterocycles. The van der Waals surface area contributed by atoms with Gasteiger partial charge in [-0.2, -0.15) is 18.3 Å². The molecule has 22 heavy (non-hydrogen) atoms. The predicted molar refractivity (Wildman–Crippen MR) is 74.6 cm³/mol. The van der Waals surface area contributed by atoms with Gasteiger partial charge < -0.3 is 5.11 Å². The molecule has 0 aromatic heterocycles. The molecule has 2 aromatic carbocycles. The van der Waals surface area contributed by atoms with Crippen LogP contribution < -0.4 is 5.43 Å². The Morgan fingerprint density at radius 1 is 1.09 bits per heavy atom. The number of benzene rings is 2. The number of hydrogen-bond acceptors (Lipinski definition) is 3. The highest BCUT2D eigenvalue weighted by atomic mass is 19.4. The van der Waals surface area contributed by atoms with Crippen molar-refractivity contribution in [1.82, 2.24) is 5.43 Å². The van der Waals surface area contributed by atoms with Gasteiger partial charge in [0.25, 0.3) is 5.91 Å². The van der Waals surface area contributed by atoms with Crippen molar-refractivity contribution in [2.75, 3.05) is 0 Å². The molecule has 0 saturated carbocycles. The van der Waals surface area contributed by atoms with Crippen molar-refractivity contribution in [1.29, 1.82) is 0 Å². The lowest BCUT2D eigenvalue weighted by Crippen LogP contribution is -2.17. The number of alkyl halides is 3. The van der Waals surface area contributed by atoms with E-state index in [1.807, 2.05) is 0 Å². The van der Waals surface area contributed by atoms with Gasteiger partial charge in [0.1, 0.15) is 5.75 Å². The number of rotatable bonds is 3. The van der Waals surface area contributed by atoms with E-state index in [-0.39, 0.29) is 5.56 Å². The highest BCUT2D eigenvalue weighted by molar-refractivity contribution is 5.95. The molecule has 0 aliphatic rings. The second-order valence-electron chi connectivity index (χ2n) is 4.31. The van der Waals surface area contributed by atoms with Gasteiger partial charge in [0.2, 0.25) is 0 Å². The molecular formula is C15H11F3N2O2. The SMILES string of the molecule is O=C(N/N=C/c1cccc(C(F)(F)F)c1O)c1ccccc1. The maximum absolute atomic E-state index is 12.6. The first-order valence-electron chi connectivity index (χ1n) is 6.17. The molecule has 1 amide bonds. The van der Waals surface area contributed by atoms with E-state index < -0.39 is 23.4 Å². The van der Waals surface area contributed by atoms with Crippen molar-refractivity contribution in [2.24, 2.45) is 5.10 Å². The van der Waals surface area contributed by atoms with Crippen molar-refractivity contribution < 1.29 is 23.1 Å². The van der Waals surface area contributed by atoms with Crippen molar-refractivity contribution in [3.05, 3.63) is 65.2 Å². The summed E-state index contributed by atoms with van der Waals surface area (Å²) in [5, 5.41) is 13.1. The van der Waals surface area contributed by atoms with E-state index in [9.17, 15) is 23.1 Å². The number of amides is 1. The van der Waals surface area contributed by atoms with E-state index in [2.05, 4.69) is 10.5 Å². The van der Waals surface area contributed by atoms with Gasteiger partial charge in [0, 0.05) is 11.1 Å². The number of phenolic OH excluding ortho intramolecular Hbond substituents is 1. The number of para-hydroxylation sites is 1. The summed E-state index contributed by atoms with van der Waals surface area (Å²) in [5.74, 6) is -1.45. The summed E-state index contributed by atoms with van der Waals surface area (Å²) in [6.45, 7) is 0. The molecule has 2 aromatic rings. The number of nitrogens with zero attached hydrogens (tertiary/aromatic N) is 1. The number of carbonyl (C=O) groups excluding carboxylic acids is 1.